The molecule has 0 spiro atoms. The van der Waals surface area contributed by atoms with Crippen LogP contribution in [0.3, 0.4) is 0 Å². The second-order valence-electron chi connectivity index (χ2n) is 7.56. The van der Waals surface area contributed by atoms with Crippen LogP contribution in [0, 0.1) is 0 Å². The minimum Gasteiger partial charge on any atom is -0.267 e. The van der Waals surface area contributed by atoms with E-state index in [1.165, 1.54) is 5.01 Å². The number of aromatic nitrogens is 2. The minimum atomic E-state index is -0.205. The summed E-state index contributed by atoms with van der Waals surface area (Å²) in [6.07, 6.45) is 3.79. The number of hydrogen-bond donors (Lipinski definition) is 0. The third-order valence-electron chi connectivity index (χ3n) is 5.30. The fourth-order valence-corrected chi connectivity index (χ4v) is 4.11. The Balaban J connectivity index is 1.60. The van der Waals surface area contributed by atoms with E-state index in [0.29, 0.717) is 22.0 Å². The maximum atomic E-state index is 13.3. The molecule has 0 unspecified atom stereocenters. The summed E-state index contributed by atoms with van der Waals surface area (Å²) < 4.78 is 2.81. The lowest BCUT2D eigenvalue weighted by molar-refractivity contribution is -0.114. The highest BCUT2D eigenvalue weighted by atomic mass is 79.9. The molecule has 0 saturated carbocycles. The Hall–Kier alpha value is -3.48. The third kappa shape index (κ3) is 4.27. The van der Waals surface area contributed by atoms with Gasteiger partial charge >= 0.3 is 0 Å². The number of carbonyl (C=O) groups excluding carboxylic acids is 1. The van der Waals surface area contributed by atoms with Crippen molar-refractivity contribution in [2.24, 2.45) is 5.10 Å². The number of rotatable bonds is 4. The summed E-state index contributed by atoms with van der Waals surface area (Å²) in [6.45, 7) is 1.83. The van der Waals surface area contributed by atoms with Crippen LogP contribution >= 0.6 is 27.5 Å². The number of benzene rings is 3. The second-order valence-corrected chi connectivity index (χ2v) is 8.91. The SMILES string of the molecule is CC1=NN(c2cccc(Cl)c2)C(=O)/C1=C\c1cn(-c2ccccc2)nc1-c1ccc(Br)cc1. The van der Waals surface area contributed by atoms with Crippen LogP contribution in [0.5, 0.6) is 0 Å². The Morgan fingerprint density at radius 1 is 0.939 bits per heavy atom. The molecule has 0 bridgehead atoms. The van der Waals surface area contributed by atoms with E-state index in [-0.39, 0.29) is 5.91 Å². The van der Waals surface area contributed by atoms with Gasteiger partial charge in [0.15, 0.2) is 0 Å². The molecule has 2 heterocycles. The molecule has 5 rings (SSSR count). The van der Waals surface area contributed by atoms with Crippen molar-refractivity contribution in [3.63, 3.8) is 0 Å². The number of anilines is 1. The minimum absolute atomic E-state index is 0.205. The lowest BCUT2D eigenvalue weighted by Gasteiger charge is -2.11. The van der Waals surface area contributed by atoms with E-state index in [2.05, 4.69) is 21.0 Å². The molecule has 3 aromatic carbocycles. The highest BCUT2D eigenvalue weighted by Crippen LogP contribution is 2.30. The van der Waals surface area contributed by atoms with Crippen molar-refractivity contribution < 1.29 is 4.79 Å². The largest absolute Gasteiger partial charge is 0.280 e. The number of hydrazone groups is 1. The average Bonchev–Trinajstić information content (AvgIpc) is 3.37. The van der Waals surface area contributed by atoms with Crippen LogP contribution in [0.15, 0.2) is 100 Å². The normalized spacial score (nSPS) is 14.8. The van der Waals surface area contributed by atoms with Gasteiger partial charge in [-0.3, -0.25) is 4.79 Å². The first-order chi connectivity index (χ1) is 16.0. The molecule has 0 saturated heterocycles. The van der Waals surface area contributed by atoms with Gasteiger partial charge in [-0.1, -0.05) is 63.9 Å². The lowest BCUT2D eigenvalue weighted by Crippen LogP contribution is -2.21. The maximum absolute atomic E-state index is 13.3. The molecule has 1 aliphatic heterocycles. The molecule has 33 heavy (non-hydrogen) atoms. The molecule has 162 valence electrons. The first-order valence-corrected chi connectivity index (χ1v) is 11.4. The Bertz CT molecular complexity index is 1410. The van der Waals surface area contributed by atoms with Gasteiger partial charge in [0.2, 0.25) is 0 Å². The van der Waals surface area contributed by atoms with Crippen LogP contribution in [0.25, 0.3) is 23.0 Å². The Morgan fingerprint density at radius 2 is 1.67 bits per heavy atom. The molecule has 0 N–H and O–H groups in total. The van der Waals surface area contributed by atoms with Gasteiger partial charge in [-0.2, -0.15) is 15.2 Å². The zero-order chi connectivity index (χ0) is 22.9. The van der Waals surface area contributed by atoms with Crippen molar-refractivity contribution in [3.05, 3.63) is 106 Å². The standard InChI is InChI=1S/C26H18BrClN4O/c1-17-24(26(33)32(29-17)23-9-5-6-21(28)15-23)14-19-16-31(22-7-3-2-4-8-22)30-25(19)18-10-12-20(27)13-11-18/h2-16H,1H3/b24-14-. The molecule has 0 radical (unpaired) electrons. The van der Waals surface area contributed by atoms with E-state index >= 15 is 0 Å². The number of para-hydroxylation sites is 1. The van der Waals surface area contributed by atoms with E-state index in [1.807, 2.05) is 84.5 Å². The molecule has 0 aliphatic carbocycles. The predicted molar refractivity (Wildman–Crippen MR) is 137 cm³/mol. The fraction of sp³-hybridized carbons (Fsp3) is 0.0385. The highest BCUT2D eigenvalue weighted by Gasteiger charge is 2.29. The predicted octanol–water partition coefficient (Wildman–Crippen LogP) is 6.76. The Labute approximate surface area is 204 Å². The van der Waals surface area contributed by atoms with Gasteiger partial charge in [-0.15, -0.1) is 0 Å². The molecule has 1 aromatic heterocycles. The van der Waals surface area contributed by atoms with E-state index in [4.69, 9.17) is 16.7 Å². The van der Waals surface area contributed by atoms with Crippen LogP contribution in [-0.2, 0) is 4.79 Å². The van der Waals surface area contributed by atoms with Crippen LogP contribution in [0.2, 0.25) is 5.02 Å². The molecule has 1 amide bonds. The molecular formula is C26H18BrClN4O. The molecule has 7 heteroatoms. The smallest absolute Gasteiger partial charge is 0.267 e. The number of carbonyl (C=O) groups is 1. The number of halogens is 2. The van der Waals surface area contributed by atoms with Crippen LogP contribution < -0.4 is 5.01 Å². The zero-order valence-electron chi connectivity index (χ0n) is 17.6. The first-order valence-electron chi connectivity index (χ1n) is 10.3. The van der Waals surface area contributed by atoms with Gasteiger partial charge in [0.05, 0.1) is 28.4 Å². The van der Waals surface area contributed by atoms with Crippen molar-refractivity contribution in [3.8, 4) is 16.9 Å². The van der Waals surface area contributed by atoms with Gasteiger partial charge in [0, 0.05) is 26.8 Å². The van der Waals surface area contributed by atoms with E-state index < -0.39 is 0 Å². The molecule has 1 aliphatic rings. The lowest BCUT2D eigenvalue weighted by atomic mass is 10.0. The molecule has 5 nitrogen and oxygen atoms in total. The number of amides is 1. The van der Waals surface area contributed by atoms with Crippen LogP contribution in [-0.4, -0.2) is 21.4 Å². The van der Waals surface area contributed by atoms with Gasteiger partial charge in [-0.05, 0) is 55.5 Å². The summed E-state index contributed by atoms with van der Waals surface area (Å²) >= 11 is 9.60. The fourth-order valence-electron chi connectivity index (χ4n) is 3.66. The summed E-state index contributed by atoms with van der Waals surface area (Å²) in [7, 11) is 0. The summed E-state index contributed by atoms with van der Waals surface area (Å²) in [6, 6.07) is 24.9. The van der Waals surface area contributed by atoms with Crippen molar-refractivity contribution in [1.29, 1.82) is 0 Å². The summed E-state index contributed by atoms with van der Waals surface area (Å²) in [5, 5.41) is 11.2. The van der Waals surface area contributed by atoms with Crippen molar-refractivity contribution in [2.75, 3.05) is 5.01 Å². The molecule has 4 aromatic rings. The summed E-state index contributed by atoms with van der Waals surface area (Å²) in [5.41, 5.74) is 5.27. The first kappa shape index (κ1) is 21.4. The zero-order valence-corrected chi connectivity index (χ0v) is 20.0. The monoisotopic (exact) mass is 516 g/mol. The molecule has 0 fully saturated rings. The Kier molecular flexibility index (Phi) is 5.70. The van der Waals surface area contributed by atoms with E-state index in [9.17, 15) is 4.79 Å². The van der Waals surface area contributed by atoms with Crippen molar-refractivity contribution in [1.82, 2.24) is 9.78 Å². The molecule has 0 atom stereocenters. The van der Waals surface area contributed by atoms with Crippen LogP contribution in [0.1, 0.15) is 12.5 Å². The maximum Gasteiger partial charge on any atom is 0.280 e. The third-order valence-corrected chi connectivity index (χ3v) is 6.06. The van der Waals surface area contributed by atoms with Gasteiger partial charge in [0.1, 0.15) is 0 Å². The second kappa shape index (κ2) is 8.81. The summed E-state index contributed by atoms with van der Waals surface area (Å²) in [5.74, 6) is -0.205. The average molecular weight is 518 g/mol. The van der Waals surface area contributed by atoms with Gasteiger partial charge in [-0.25, -0.2) is 4.68 Å². The van der Waals surface area contributed by atoms with Crippen molar-refractivity contribution >= 4 is 50.9 Å². The highest BCUT2D eigenvalue weighted by molar-refractivity contribution is 9.10. The van der Waals surface area contributed by atoms with E-state index in [1.54, 1.807) is 18.2 Å². The van der Waals surface area contributed by atoms with Crippen molar-refractivity contribution in [2.45, 2.75) is 6.92 Å². The molecular weight excluding hydrogens is 500 g/mol. The number of hydrogen-bond acceptors (Lipinski definition) is 3. The van der Waals surface area contributed by atoms with Gasteiger partial charge < -0.3 is 0 Å². The van der Waals surface area contributed by atoms with Crippen LogP contribution in [0.4, 0.5) is 5.69 Å². The van der Waals surface area contributed by atoms with Gasteiger partial charge in [0.25, 0.3) is 5.91 Å². The quantitative estimate of drug-likeness (QED) is 0.281. The number of nitrogens with zero attached hydrogens (tertiary/aromatic N) is 4. The summed E-state index contributed by atoms with van der Waals surface area (Å²) in [4.78, 5) is 13.3. The Morgan fingerprint density at radius 3 is 2.39 bits per heavy atom. The topological polar surface area (TPSA) is 50.5 Å². The van der Waals surface area contributed by atoms with E-state index in [0.717, 1.165) is 27.0 Å².